The van der Waals surface area contributed by atoms with E-state index >= 15 is 0 Å². The number of nitrogens with zero attached hydrogens (tertiary/aromatic N) is 4. The number of rotatable bonds is 21. The van der Waals surface area contributed by atoms with Crippen molar-refractivity contribution in [3.63, 3.8) is 0 Å². The van der Waals surface area contributed by atoms with Crippen LogP contribution in [0.15, 0.2) is 109 Å². The number of aliphatic carboxylic acids is 1. The van der Waals surface area contributed by atoms with Crippen molar-refractivity contribution in [2.24, 2.45) is 11.8 Å². The summed E-state index contributed by atoms with van der Waals surface area (Å²) in [5.74, 6) is -8.32. The smallest absolute Gasteiger partial charge is 0.410 e. The highest BCUT2D eigenvalue weighted by Gasteiger charge is 2.40. The second-order valence-electron chi connectivity index (χ2n) is 24.2. The molecule has 86 heavy (non-hydrogen) atoms. The molecule has 2 aliphatic heterocycles. The predicted octanol–water partition coefficient (Wildman–Crippen LogP) is 18.6. The lowest BCUT2D eigenvalue weighted by Gasteiger charge is -2.31. The summed E-state index contributed by atoms with van der Waals surface area (Å²) in [5, 5.41) is 19.1. The Morgan fingerprint density at radius 2 is 0.942 bits per heavy atom. The average molecular weight is 1320 g/mol. The Morgan fingerprint density at radius 3 is 1.30 bits per heavy atom. The van der Waals surface area contributed by atoms with Crippen molar-refractivity contribution in [3.8, 4) is 0 Å². The number of carbonyl (C=O) groups is 6. The first-order valence-electron chi connectivity index (χ1n) is 53.5. The Hall–Kier alpha value is -7.42. The van der Waals surface area contributed by atoms with Crippen LogP contribution in [0.2, 0.25) is 0 Å². The molecule has 2 heterocycles. The van der Waals surface area contributed by atoms with Crippen LogP contribution in [0.3, 0.4) is 0 Å². The Morgan fingerprint density at radius 1 is 0.570 bits per heavy atom. The van der Waals surface area contributed by atoms with Crippen LogP contribution >= 0.6 is 0 Å². The summed E-state index contributed by atoms with van der Waals surface area (Å²) in [6.07, 6.45) is -3.38. The predicted molar refractivity (Wildman–Crippen MR) is 376 cm³/mol. The van der Waals surface area contributed by atoms with Crippen molar-refractivity contribution in [2.45, 2.75) is 176 Å². The Balaban J connectivity index is -0.0000000531. The van der Waals surface area contributed by atoms with Crippen LogP contribution in [0.4, 0.5) is 38.5 Å². The first-order chi connectivity index (χ1) is 64.6. The minimum absolute atomic E-state index is 0. The number of esters is 3. The molecule has 2 fully saturated rings. The largest absolute Gasteiger partial charge is 0.480 e. The second kappa shape index (κ2) is 32.9. The number of likely N-dealkylation sites (N-methyl/N-ethyl adjacent to an activating group) is 2. The van der Waals surface area contributed by atoms with Crippen LogP contribution < -0.4 is 9.80 Å². The standard InChI is InChI=1S/C32H42F2N2O6.C20H21F2NO3.C12H23NO4.CH4.26H2/c1-22(2)18-26(35(6)30(39)42-31(3,4)5)28(37)41-27(29(38)40-20-24-10-8-7-9-11-24)19-23-12-14-25(15-13-23)36-17-16-32(33,34)21-36;21-20(22)10-11-23(14-20)17-8-6-15(7-9-17)12-18(24)19(25)26-13-16-4-2-1-3-5-16;1-8(2)7-9(10(14)15)13(6)11(16)17-12(3,4)5;;;;;;;;;;;;;;;;;;;;;;;;;;;/h7-15,22,26-27H,16-21H2,1-6H3;1-9,18,24H,10-14H2;8-9H,7H2,1-6H3,(H,14,15);1H4;26*1H/t26-,27+;18-;9-;;;;;;;;;;;;;;;;;;;;;;;;;;;/m010.........................../s1/i;;;;25*1+1D;1+1. The van der Waals surface area contributed by atoms with Gasteiger partial charge in [0.2, 0.25) is 6.10 Å². The van der Waals surface area contributed by atoms with E-state index in [9.17, 15) is 51.4 Å². The number of anilines is 2. The Kier molecular flexibility index (Phi) is 16.2. The van der Waals surface area contributed by atoms with Crippen molar-refractivity contribution >= 4 is 47.4 Å². The molecule has 528 valence electrons. The van der Waals surface area contributed by atoms with Crippen LogP contribution in [0, 0.1) is 11.8 Å². The normalized spacial score (nSPS) is 18.0. The molecule has 2 N–H and O–H groups in total. The summed E-state index contributed by atoms with van der Waals surface area (Å²) < 4.78 is 331. The van der Waals surface area contributed by atoms with Gasteiger partial charge >= 0.3 is 36.1 Å². The van der Waals surface area contributed by atoms with Gasteiger partial charge in [0.25, 0.3) is 11.8 Å². The molecule has 0 aromatic heterocycles. The number of alkyl halides is 4. The van der Waals surface area contributed by atoms with Gasteiger partial charge in [-0.3, -0.25) is 9.80 Å². The summed E-state index contributed by atoms with van der Waals surface area (Å²) >= 11 is 0. The van der Waals surface area contributed by atoms with E-state index in [4.69, 9.17) is 103 Å². The molecule has 21 heteroatoms. The fraction of sp³-hybridized carbons (Fsp3) is 0.538. The first-order valence-corrected chi connectivity index (χ1v) is 28.5. The molecule has 2 amide bonds. The maximum Gasteiger partial charge on any atom is 0.410 e. The number of ether oxygens (including phenoxy) is 5. The zero-order valence-corrected chi connectivity index (χ0v) is 51.0. The van der Waals surface area contributed by atoms with E-state index in [-0.39, 0.29) is 85.6 Å². The van der Waals surface area contributed by atoms with Crippen LogP contribution in [-0.2, 0) is 68.9 Å². The topological polar surface area (TPSA) is 202 Å². The molecule has 6 rings (SSSR count). The van der Waals surface area contributed by atoms with Gasteiger partial charge in [0.1, 0.15) is 36.5 Å². The number of carboxylic acids is 1. The highest BCUT2D eigenvalue weighted by Crippen LogP contribution is 2.33. The van der Waals surface area contributed by atoms with Crippen molar-refractivity contribution in [3.05, 3.63) is 131 Å². The van der Waals surface area contributed by atoms with Crippen LogP contribution in [-0.4, -0.2) is 144 Å². The fourth-order valence-corrected chi connectivity index (χ4v) is 8.81. The summed E-state index contributed by atoms with van der Waals surface area (Å²) in [6.45, 7) is 18.1. The van der Waals surface area contributed by atoms with Crippen molar-refractivity contribution < 1.29 is 156 Å². The van der Waals surface area contributed by atoms with Crippen LogP contribution in [0.5, 0.6) is 0 Å². The first kappa shape index (κ1) is 42.4. The molecule has 4 aromatic carbocycles. The minimum Gasteiger partial charge on any atom is -0.480 e. The summed E-state index contributed by atoms with van der Waals surface area (Å²) in [6, 6.07) is 30.3. The number of benzene rings is 4. The number of amides is 2. The second-order valence-corrected chi connectivity index (χ2v) is 24.2. The van der Waals surface area contributed by atoms with E-state index in [1.54, 1.807) is 99.9 Å². The molecule has 0 unspecified atom stereocenters. The maximum absolute atomic E-state index is 13.7. The molecule has 0 aliphatic carbocycles. The monoisotopic (exact) mass is 1310 g/mol. The van der Waals surface area contributed by atoms with E-state index in [0.29, 0.717) is 29.9 Å². The molecular formula is C65H142F4N4O13. The summed E-state index contributed by atoms with van der Waals surface area (Å²) in [7, 11) is 2.92. The number of aliphatic hydroxyl groups excluding tert-OH is 1. The zero-order chi connectivity index (χ0) is 113. The van der Waals surface area contributed by atoms with Gasteiger partial charge in [-0.1, -0.05) is 120 Å². The third kappa shape index (κ3) is 25.7. The SMILES string of the molecule is C.CC(C)C[C@@H](C(=O)O)N(C)C(=O)OC(C)(C)C.CC(C)C[C@@H](C(=O)O[C@H](Cc1ccc(N2CCC(F)(F)C2)cc1)C(=O)OCc1ccccc1)N(C)C(=O)OC(C)(C)C.O=C(OCc1ccccc1)[C@H](O)Cc1ccc(N2CCC(F)(F)C2)cc1.[2HH].[2H][2H].[2H][2H].[2H][2H].[2H][2H].[2H][2H].[2H][2H].[2H][2H].[2H][2H].[2H][2H].[2H][2H].[2H][2H].[2H][2H].[2H][2H].[2H][2H].[2H][2H].[2H][2H].[2H][2H].[2H][2H].[2H][2H].[2H][2H].[2H][2H].[2H][2H].[2H][2H].[2H][2H].[2H][2H]. The Labute approximate surface area is 583 Å². The zero-order valence-electron chi connectivity index (χ0n) is 101. The number of aliphatic hydroxyl groups is 1. The average Bonchev–Trinajstić information content (AvgIpc) is 1.70. The van der Waals surface area contributed by atoms with Crippen molar-refractivity contribution in [2.75, 3.05) is 50.1 Å². The van der Waals surface area contributed by atoms with Gasteiger partial charge in [-0.05, 0) is 113 Å². The molecule has 4 atom stereocenters. The van der Waals surface area contributed by atoms with Gasteiger partial charge in [0, 0.05) is 140 Å². The number of halogens is 4. The van der Waals surface area contributed by atoms with Crippen LogP contribution in [0.25, 0.3) is 0 Å². The molecule has 0 spiro atoms. The number of carbonyl (C=O) groups excluding carboxylic acids is 5. The van der Waals surface area contributed by atoms with Gasteiger partial charge in [0.05, 0.1) is 13.1 Å². The molecule has 0 radical (unpaired) electrons. The minimum atomic E-state index is -2.72. The lowest BCUT2D eigenvalue weighted by molar-refractivity contribution is -0.171. The molecule has 0 bridgehead atoms. The number of hydrogen-bond donors (Lipinski definition) is 2. The number of carboxylic acid groups (broad SMARTS) is 1. The molecule has 4 aromatic rings. The van der Waals surface area contributed by atoms with Gasteiger partial charge in [-0.2, -0.15) is 0 Å². The lowest BCUT2D eigenvalue weighted by atomic mass is 10.0. The van der Waals surface area contributed by atoms with Crippen molar-refractivity contribution in [1.82, 2.24) is 9.80 Å². The highest BCUT2D eigenvalue weighted by atomic mass is 19.3. The third-order valence-corrected chi connectivity index (χ3v) is 13.3. The van der Waals surface area contributed by atoms with E-state index in [2.05, 4.69) is 0 Å². The molecule has 17 nitrogen and oxygen atoms in total. The molecular weight excluding hydrogens is 1120 g/mol. The van der Waals surface area contributed by atoms with Crippen molar-refractivity contribution in [1.29, 1.82) is 0 Å². The van der Waals surface area contributed by atoms with Gasteiger partial charge in [-0.15, -0.1) is 0 Å². The van der Waals surface area contributed by atoms with Crippen LogP contribution in [0.1, 0.15) is 200 Å². The van der Waals surface area contributed by atoms with Gasteiger partial charge in [0.15, 0.2) is 6.10 Å². The van der Waals surface area contributed by atoms with E-state index in [0.717, 1.165) is 21.6 Å². The number of hydrogen-bond acceptors (Lipinski definition) is 14. The molecule has 2 saturated heterocycles. The quantitative estimate of drug-likeness (QED) is 0.0453. The van der Waals surface area contributed by atoms with Gasteiger partial charge in [-0.25, -0.2) is 46.3 Å². The molecule has 2 aliphatic rings. The lowest BCUT2D eigenvalue weighted by Crippen LogP contribution is -2.47. The van der Waals surface area contributed by atoms with E-state index in [1.807, 2.05) is 88.4 Å². The van der Waals surface area contributed by atoms with E-state index < -0.39 is 83.4 Å². The van der Waals surface area contributed by atoms with E-state index in [1.165, 1.54) is 19.0 Å². The van der Waals surface area contributed by atoms with Gasteiger partial charge < -0.3 is 43.7 Å². The maximum atomic E-state index is 13.7. The summed E-state index contributed by atoms with van der Waals surface area (Å²) in [5.41, 5.74) is 2.98. The third-order valence-electron chi connectivity index (χ3n) is 13.3. The summed E-state index contributed by atoms with van der Waals surface area (Å²) in [4.78, 5) is 79.8. The molecule has 0 saturated carbocycles. The highest BCUT2D eigenvalue weighted by molar-refractivity contribution is 5.85. The Bertz CT molecular complexity index is 2890. The fourth-order valence-electron chi connectivity index (χ4n) is 8.81.